The number of esters is 2. The second kappa shape index (κ2) is 11.4. The van der Waals surface area contributed by atoms with E-state index in [2.05, 4.69) is 15.5 Å². The lowest BCUT2D eigenvalue weighted by Gasteiger charge is -2.49. The van der Waals surface area contributed by atoms with Gasteiger partial charge in [-0.25, -0.2) is 9.78 Å². The molecule has 2 atom stereocenters. The first-order valence-electron chi connectivity index (χ1n) is 10.1. The van der Waals surface area contributed by atoms with Gasteiger partial charge in [0.15, 0.2) is 10.8 Å². The van der Waals surface area contributed by atoms with Crippen LogP contribution in [0.4, 0.5) is 5.13 Å². The molecule has 35 heavy (non-hydrogen) atoms. The Balaban J connectivity index is 0.00000432. The van der Waals surface area contributed by atoms with Crippen molar-refractivity contribution in [2.45, 2.75) is 39.1 Å². The Bertz CT molecular complexity index is 1080. The Morgan fingerprint density at radius 1 is 1.31 bits per heavy atom. The van der Waals surface area contributed by atoms with Crippen LogP contribution in [0.2, 0.25) is 0 Å². The second-order valence-corrected chi connectivity index (χ2v) is 10.4. The van der Waals surface area contributed by atoms with Gasteiger partial charge in [-0.3, -0.25) is 19.3 Å². The summed E-state index contributed by atoms with van der Waals surface area (Å²) in [6.07, 6.45) is 0. The number of hydrogen-bond acceptors (Lipinski definition) is 12. The zero-order chi connectivity index (χ0) is 25.2. The number of carbonyl (C=O) groups is 4. The van der Waals surface area contributed by atoms with Crippen molar-refractivity contribution in [3.63, 3.8) is 0 Å². The summed E-state index contributed by atoms with van der Waals surface area (Å²) in [7, 11) is 1.28. The molecule has 2 aliphatic heterocycles. The zero-order valence-corrected chi connectivity index (χ0v) is 23.0. The normalized spacial score (nSPS) is 19.7. The number of amides is 2. The van der Waals surface area contributed by atoms with Crippen LogP contribution in [0.1, 0.15) is 33.4 Å². The van der Waals surface area contributed by atoms with Crippen molar-refractivity contribution in [1.82, 2.24) is 15.2 Å². The summed E-state index contributed by atoms with van der Waals surface area (Å²) < 4.78 is 10.0. The summed E-state index contributed by atoms with van der Waals surface area (Å²) in [6, 6.07) is -0.898. The largest absolute Gasteiger partial charge is 0.427 e. The van der Waals surface area contributed by atoms with E-state index in [0.29, 0.717) is 11.3 Å². The lowest BCUT2D eigenvalue weighted by atomic mass is 9.98. The predicted molar refractivity (Wildman–Crippen MR) is 135 cm³/mol. The SMILES string of the molecule is Br.CO/N=C(/C(=O)N[C@@H]1C(=O)N2C(C(=O)OCOC(=O)C(C)(C)C)=C(C)CS[C@H]12)c1csc(N)n1. The van der Waals surface area contributed by atoms with E-state index in [-0.39, 0.29) is 39.2 Å². The van der Waals surface area contributed by atoms with Crippen molar-refractivity contribution in [1.29, 1.82) is 0 Å². The number of thiazole rings is 1. The highest BCUT2D eigenvalue weighted by atomic mass is 79.9. The maximum atomic E-state index is 12.9. The standard InChI is InChI=1S/C20H25N5O7S2.BrH/c1-9-6-33-16-12(23-14(26)11(24-30-5)10-7-34-19(21)22-10)15(27)25(16)13(9)17(28)31-8-32-18(29)20(2,3)4;/h7,12,16H,6,8H2,1-5H3,(H2,21,22)(H,23,26);1H/b24-11+;/t12-,16-;/m1./s1. The first-order chi connectivity index (χ1) is 16.0. The van der Waals surface area contributed by atoms with Gasteiger partial charge in [0, 0.05) is 11.1 Å². The Kier molecular flexibility index (Phi) is 9.30. The molecule has 3 heterocycles. The van der Waals surface area contributed by atoms with Gasteiger partial charge in [-0.05, 0) is 33.3 Å². The fourth-order valence-electron chi connectivity index (χ4n) is 3.09. The van der Waals surface area contributed by atoms with E-state index in [1.165, 1.54) is 23.8 Å². The minimum atomic E-state index is -0.898. The van der Waals surface area contributed by atoms with Crippen molar-refractivity contribution in [3.8, 4) is 0 Å². The van der Waals surface area contributed by atoms with Gasteiger partial charge < -0.3 is 25.4 Å². The van der Waals surface area contributed by atoms with E-state index in [4.69, 9.17) is 20.0 Å². The van der Waals surface area contributed by atoms with Crippen molar-refractivity contribution in [2.75, 3.05) is 25.4 Å². The van der Waals surface area contributed by atoms with Crippen molar-refractivity contribution >= 4 is 74.7 Å². The summed E-state index contributed by atoms with van der Waals surface area (Å²) in [5.41, 5.74) is 5.67. The molecule has 0 bridgehead atoms. The summed E-state index contributed by atoms with van der Waals surface area (Å²) in [5, 5.41) is 7.60. The van der Waals surface area contributed by atoms with Gasteiger partial charge in [-0.2, -0.15) is 0 Å². The van der Waals surface area contributed by atoms with Crippen molar-refractivity contribution in [2.24, 2.45) is 10.6 Å². The molecular formula is C20H26BrN5O7S2. The number of nitrogens with zero attached hydrogens (tertiary/aromatic N) is 3. The van der Waals surface area contributed by atoms with Crippen LogP contribution in [0.15, 0.2) is 21.8 Å². The van der Waals surface area contributed by atoms with E-state index >= 15 is 0 Å². The molecule has 1 aromatic rings. The molecule has 0 saturated carbocycles. The highest BCUT2D eigenvalue weighted by Crippen LogP contribution is 2.40. The monoisotopic (exact) mass is 591 g/mol. The lowest BCUT2D eigenvalue weighted by Crippen LogP contribution is -2.71. The lowest BCUT2D eigenvalue weighted by molar-refractivity contribution is -0.173. The third-order valence-corrected chi connectivity index (χ3v) is 6.89. The molecule has 0 radical (unpaired) electrons. The Morgan fingerprint density at radius 2 is 2.00 bits per heavy atom. The molecule has 0 unspecified atom stereocenters. The molecule has 2 amide bonds. The molecule has 192 valence electrons. The number of halogens is 1. The quantitative estimate of drug-likeness (QED) is 0.156. The van der Waals surface area contributed by atoms with Gasteiger partial charge in [0.2, 0.25) is 6.79 Å². The number of carbonyl (C=O) groups excluding carboxylic acids is 4. The molecule has 0 aromatic carbocycles. The number of rotatable bonds is 7. The number of fused-ring (bicyclic) bond motifs is 1. The van der Waals surface area contributed by atoms with Gasteiger partial charge in [-0.15, -0.1) is 40.1 Å². The van der Waals surface area contributed by atoms with E-state index in [1.54, 1.807) is 33.1 Å². The average Bonchev–Trinajstić information content (AvgIpc) is 3.20. The molecule has 1 fully saturated rings. The molecule has 3 rings (SSSR count). The average molecular weight is 592 g/mol. The number of nitrogens with one attached hydrogen (secondary N) is 1. The molecule has 3 N–H and O–H groups in total. The number of nitrogen functional groups attached to an aromatic ring is 1. The summed E-state index contributed by atoms with van der Waals surface area (Å²) in [6.45, 7) is 6.15. The minimum Gasteiger partial charge on any atom is -0.427 e. The third-order valence-electron chi connectivity index (χ3n) is 4.79. The van der Waals surface area contributed by atoms with E-state index in [1.807, 2.05) is 0 Å². The Hall–Kier alpha value is -2.65. The van der Waals surface area contributed by atoms with Crippen LogP contribution in [-0.2, 0) is 33.5 Å². The number of anilines is 1. The molecule has 0 aliphatic carbocycles. The summed E-state index contributed by atoms with van der Waals surface area (Å²) in [5.74, 6) is -2.04. The van der Waals surface area contributed by atoms with Crippen molar-refractivity contribution in [3.05, 3.63) is 22.3 Å². The van der Waals surface area contributed by atoms with E-state index < -0.39 is 47.4 Å². The van der Waals surface area contributed by atoms with Gasteiger partial charge in [0.1, 0.15) is 29.9 Å². The molecule has 2 aliphatic rings. The summed E-state index contributed by atoms with van der Waals surface area (Å²) >= 11 is 2.52. The number of ether oxygens (including phenoxy) is 2. The number of nitrogens with two attached hydrogens (primary N) is 1. The van der Waals surface area contributed by atoms with Crippen molar-refractivity contribution < 1.29 is 33.5 Å². The second-order valence-electron chi connectivity index (χ2n) is 8.41. The Morgan fingerprint density at radius 3 is 2.57 bits per heavy atom. The van der Waals surface area contributed by atoms with E-state index in [0.717, 1.165) is 11.3 Å². The van der Waals surface area contributed by atoms with Crippen LogP contribution < -0.4 is 11.1 Å². The molecular weight excluding hydrogens is 566 g/mol. The molecule has 15 heteroatoms. The van der Waals surface area contributed by atoms with E-state index in [9.17, 15) is 19.2 Å². The van der Waals surface area contributed by atoms with Crippen LogP contribution >= 0.6 is 40.1 Å². The first kappa shape index (κ1) is 28.6. The minimum absolute atomic E-state index is 0. The zero-order valence-electron chi connectivity index (χ0n) is 19.6. The van der Waals surface area contributed by atoms with Crippen LogP contribution in [-0.4, -0.2) is 70.4 Å². The maximum absolute atomic E-state index is 12.9. The highest BCUT2D eigenvalue weighted by molar-refractivity contribution is 8.93. The van der Waals surface area contributed by atoms with Gasteiger partial charge in [-0.1, -0.05) is 5.16 Å². The van der Waals surface area contributed by atoms with Gasteiger partial charge >= 0.3 is 11.9 Å². The van der Waals surface area contributed by atoms with Crippen LogP contribution in [0.5, 0.6) is 0 Å². The Labute approximate surface area is 220 Å². The van der Waals surface area contributed by atoms with Crippen LogP contribution in [0, 0.1) is 5.41 Å². The maximum Gasteiger partial charge on any atom is 0.357 e. The van der Waals surface area contributed by atoms with Crippen LogP contribution in [0.3, 0.4) is 0 Å². The fraction of sp³-hybridized carbons (Fsp3) is 0.500. The number of hydrogen-bond donors (Lipinski definition) is 2. The number of β-lactam (4-membered cyclic amide) rings is 1. The molecule has 0 spiro atoms. The fourth-order valence-corrected chi connectivity index (χ4v) is 4.93. The van der Waals surface area contributed by atoms with Gasteiger partial charge in [0.05, 0.1) is 5.41 Å². The first-order valence-corrected chi connectivity index (χ1v) is 12.0. The molecule has 1 saturated heterocycles. The highest BCUT2D eigenvalue weighted by Gasteiger charge is 2.54. The van der Waals surface area contributed by atoms with Crippen LogP contribution in [0.25, 0.3) is 0 Å². The smallest absolute Gasteiger partial charge is 0.357 e. The molecule has 12 nitrogen and oxygen atoms in total. The predicted octanol–water partition coefficient (Wildman–Crippen LogP) is 1.42. The third kappa shape index (κ3) is 6.13. The number of oxime groups is 1. The molecule has 1 aromatic heterocycles. The van der Waals surface area contributed by atoms with Gasteiger partial charge in [0.25, 0.3) is 11.8 Å². The number of aromatic nitrogens is 1. The topological polar surface area (TPSA) is 163 Å². The summed E-state index contributed by atoms with van der Waals surface area (Å²) in [4.78, 5) is 60.3. The number of thioether (sulfide) groups is 1.